The lowest BCUT2D eigenvalue weighted by Gasteiger charge is -2.22. The van der Waals surface area contributed by atoms with E-state index in [9.17, 15) is 4.79 Å². The lowest BCUT2D eigenvalue weighted by Crippen LogP contribution is -2.34. The van der Waals surface area contributed by atoms with E-state index >= 15 is 0 Å². The maximum Gasteiger partial charge on any atom is 0.410 e. The summed E-state index contributed by atoms with van der Waals surface area (Å²) in [5, 5.41) is 0. The Morgan fingerprint density at radius 3 is 2.21 bits per heavy atom. The Balaban J connectivity index is 1.54. The van der Waals surface area contributed by atoms with Crippen LogP contribution in [0, 0.1) is 0 Å². The normalized spacial score (nSPS) is 15.5. The summed E-state index contributed by atoms with van der Waals surface area (Å²) >= 11 is 0. The fourth-order valence-electron chi connectivity index (χ4n) is 3.57. The van der Waals surface area contributed by atoms with Crippen LogP contribution in [0.1, 0.15) is 29.9 Å². The second kappa shape index (κ2) is 6.16. The molecule has 0 aliphatic heterocycles. The van der Waals surface area contributed by atoms with E-state index in [-0.39, 0.29) is 12.0 Å². The molecule has 2 aromatic carbocycles. The van der Waals surface area contributed by atoms with Crippen molar-refractivity contribution in [2.45, 2.75) is 24.8 Å². The van der Waals surface area contributed by atoms with Crippen molar-refractivity contribution in [1.82, 2.24) is 4.90 Å². The van der Waals surface area contributed by atoms with Gasteiger partial charge in [0.25, 0.3) is 0 Å². The molecule has 2 aromatic rings. The minimum atomic E-state index is -0.223. The first-order chi connectivity index (χ1) is 11.8. The number of fused-ring (bicyclic) bond motifs is 3. The van der Waals surface area contributed by atoms with E-state index in [1.54, 1.807) is 11.0 Å². The van der Waals surface area contributed by atoms with Crippen molar-refractivity contribution in [2.24, 2.45) is 0 Å². The molecule has 0 N–H and O–H groups in total. The third kappa shape index (κ3) is 2.60. The van der Waals surface area contributed by atoms with E-state index in [1.807, 2.05) is 12.1 Å². The maximum absolute atomic E-state index is 12.5. The Morgan fingerprint density at radius 2 is 1.67 bits per heavy atom. The molecule has 122 valence electrons. The van der Waals surface area contributed by atoms with Crippen LogP contribution in [0.25, 0.3) is 11.1 Å². The molecule has 0 unspecified atom stereocenters. The van der Waals surface area contributed by atoms with Crippen molar-refractivity contribution in [3.05, 3.63) is 72.3 Å². The molecule has 0 aromatic heterocycles. The summed E-state index contributed by atoms with van der Waals surface area (Å²) in [4.78, 5) is 14.2. The quantitative estimate of drug-likeness (QED) is 0.755. The monoisotopic (exact) mass is 319 g/mol. The standard InChI is InChI=1S/C21H21NO2/c1-2-13-22(15-11-12-15)21(23)24-14-20-18-9-5-3-7-16(18)17-8-4-6-10-19(17)20/h2-10,15,20H,1,11-14H2. The number of ether oxygens (including phenoxy) is 1. The molecule has 0 spiro atoms. The molecule has 4 rings (SSSR count). The van der Waals surface area contributed by atoms with Crippen molar-refractivity contribution in [3.63, 3.8) is 0 Å². The van der Waals surface area contributed by atoms with Gasteiger partial charge in [-0.3, -0.25) is 0 Å². The van der Waals surface area contributed by atoms with E-state index in [0.717, 1.165) is 12.8 Å². The zero-order chi connectivity index (χ0) is 16.5. The average Bonchev–Trinajstić information content (AvgIpc) is 3.40. The molecule has 0 radical (unpaired) electrons. The summed E-state index contributed by atoms with van der Waals surface area (Å²) in [6.07, 6.45) is 3.68. The van der Waals surface area contributed by atoms with Crippen molar-refractivity contribution >= 4 is 6.09 Å². The zero-order valence-electron chi connectivity index (χ0n) is 13.7. The fraction of sp³-hybridized carbons (Fsp3) is 0.286. The molecule has 1 saturated carbocycles. The number of nitrogens with zero attached hydrogens (tertiary/aromatic N) is 1. The third-order valence-corrected chi connectivity index (χ3v) is 4.88. The van der Waals surface area contributed by atoms with Crippen LogP contribution in [0.2, 0.25) is 0 Å². The average molecular weight is 319 g/mol. The highest BCUT2D eigenvalue weighted by molar-refractivity contribution is 5.79. The van der Waals surface area contributed by atoms with Gasteiger partial charge in [-0.2, -0.15) is 0 Å². The van der Waals surface area contributed by atoms with Crippen LogP contribution in [-0.4, -0.2) is 30.2 Å². The molecule has 0 saturated heterocycles. The number of hydrogen-bond donors (Lipinski definition) is 0. The number of carbonyl (C=O) groups is 1. The van der Waals surface area contributed by atoms with Gasteiger partial charge in [-0.05, 0) is 35.1 Å². The highest BCUT2D eigenvalue weighted by Gasteiger charge is 2.34. The number of hydrogen-bond acceptors (Lipinski definition) is 2. The van der Waals surface area contributed by atoms with Gasteiger partial charge < -0.3 is 9.64 Å². The van der Waals surface area contributed by atoms with E-state index < -0.39 is 0 Å². The number of benzene rings is 2. The van der Waals surface area contributed by atoms with Crippen LogP contribution in [0.5, 0.6) is 0 Å². The van der Waals surface area contributed by atoms with Crippen LogP contribution < -0.4 is 0 Å². The van der Waals surface area contributed by atoms with Gasteiger partial charge in [0, 0.05) is 18.5 Å². The highest BCUT2D eigenvalue weighted by Crippen LogP contribution is 2.44. The Morgan fingerprint density at radius 1 is 1.08 bits per heavy atom. The predicted octanol–water partition coefficient (Wildman–Crippen LogP) is 4.59. The second-order valence-corrected chi connectivity index (χ2v) is 6.48. The summed E-state index contributed by atoms with van der Waals surface area (Å²) in [6.45, 7) is 4.68. The molecule has 3 nitrogen and oxygen atoms in total. The van der Waals surface area contributed by atoms with Gasteiger partial charge in [0.05, 0.1) is 0 Å². The molecule has 2 aliphatic carbocycles. The van der Waals surface area contributed by atoms with Crippen LogP contribution in [-0.2, 0) is 4.74 Å². The largest absolute Gasteiger partial charge is 0.448 e. The van der Waals surface area contributed by atoms with Crippen molar-refractivity contribution in [1.29, 1.82) is 0 Å². The summed E-state index contributed by atoms with van der Waals surface area (Å²) in [5.41, 5.74) is 4.99. The Hall–Kier alpha value is -2.55. The van der Waals surface area contributed by atoms with Crippen LogP contribution >= 0.6 is 0 Å². The molecule has 0 heterocycles. The van der Waals surface area contributed by atoms with Gasteiger partial charge in [0.15, 0.2) is 0 Å². The minimum Gasteiger partial charge on any atom is -0.448 e. The molecule has 0 bridgehead atoms. The van der Waals surface area contributed by atoms with Crippen LogP contribution in [0.15, 0.2) is 61.2 Å². The second-order valence-electron chi connectivity index (χ2n) is 6.48. The molecule has 0 atom stereocenters. The lowest BCUT2D eigenvalue weighted by atomic mass is 9.98. The summed E-state index contributed by atoms with van der Waals surface area (Å²) in [5.74, 6) is 0.117. The van der Waals surface area contributed by atoms with E-state index in [4.69, 9.17) is 4.74 Å². The van der Waals surface area contributed by atoms with Crippen molar-refractivity contribution in [2.75, 3.05) is 13.2 Å². The zero-order valence-corrected chi connectivity index (χ0v) is 13.7. The molecule has 3 heteroatoms. The molecular formula is C21H21NO2. The first-order valence-electron chi connectivity index (χ1n) is 8.52. The van der Waals surface area contributed by atoms with Gasteiger partial charge in [0.1, 0.15) is 6.61 Å². The minimum absolute atomic E-state index is 0.117. The summed E-state index contributed by atoms with van der Waals surface area (Å²) < 4.78 is 5.69. The predicted molar refractivity (Wildman–Crippen MR) is 95.0 cm³/mol. The van der Waals surface area contributed by atoms with Gasteiger partial charge >= 0.3 is 6.09 Å². The lowest BCUT2D eigenvalue weighted by molar-refractivity contribution is 0.101. The van der Waals surface area contributed by atoms with Crippen LogP contribution in [0.4, 0.5) is 4.79 Å². The van der Waals surface area contributed by atoms with Crippen LogP contribution in [0.3, 0.4) is 0 Å². The fourth-order valence-corrected chi connectivity index (χ4v) is 3.57. The molecule has 24 heavy (non-hydrogen) atoms. The maximum atomic E-state index is 12.5. The van der Waals surface area contributed by atoms with Crippen molar-refractivity contribution < 1.29 is 9.53 Å². The SMILES string of the molecule is C=CCN(C(=O)OCC1c2ccccc2-c2ccccc21)C1CC1. The van der Waals surface area contributed by atoms with E-state index in [0.29, 0.717) is 19.2 Å². The van der Waals surface area contributed by atoms with E-state index in [2.05, 4.69) is 43.0 Å². The molecule has 1 amide bonds. The van der Waals surface area contributed by atoms with Gasteiger partial charge in [0.2, 0.25) is 0 Å². The first-order valence-corrected chi connectivity index (χ1v) is 8.52. The molecule has 1 fully saturated rings. The number of carbonyl (C=O) groups excluding carboxylic acids is 1. The van der Waals surface area contributed by atoms with E-state index in [1.165, 1.54) is 22.3 Å². The number of rotatable bonds is 5. The Labute approximate surface area is 142 Å². The first kappa shape index (κ1) is 15.0. The number of amides is 1. The van der Waals surface area contributed by atoms with Gasteiger partial charge in [-0.1, -0.05) is 54.6 Å². The summed E-state index contributed by atoms with van der Waals surface area (Å²) in [7, 11) is 0. The van der Waals surface area contributed by atoms with Crippen molar-refractivity contribution in [3.8, 4) is 11.1 Å². The molecule has 2 aliphatic rings. The summed E-state index contributed by atoms with van der Waals surface area (Å²) in [6, 6.07) is 17.1. The Kier molecular flexibility index (Phi) is 3.85. The van der Waals surface area contributed by atoms with Gasteiger partial charge in [-0.25, -0.2) is 4.79 Å². The van der Waals surface area contributed by atoms with Gasteiger partial charge in [-0.15, -0.1) is 6.58 Å². The smallest absolute Gasteiger partial charge is 0.410 e. The third-order valence-electron chi connectivity index (χ3n) is 4.88. The Bertz CT molecular complexity index is 733. The topological polar surface area (TPSA) is 29.5 Å². The highest BCUT2D eigenvalue weighted by atomic mass is 16.6. The molecular weight excluding hydrogens is 298 g/mol.